The van der Waals surface area contributed by atoms with Crippen molar-refractivity contribution in [1.29, 1.82) is 0 Å². The maximum Gasteiger partial charge on any atom is 0.244 e. The number of rotatable bonds is 2. The molecule has 0 atom stereocenters. The van der Waals surface area contributed by atoms with Gasteiger partial charge in [-0.05, 0) is 48.4 Å². The lowest BCUT2D eigenvalue weighted by Gasteiger charge is -2.03. The fourth-order valence-electron chi connectivity index (χ4n) is 2.31. The molecule has 1 amide bonds. The Bertz CT molecular complexity index is 547. The number of amides is 1. The maximum atomic E-state index is 13.5. The van der Waals surface area contributed by atoms with Crippen LogP contribution in [0.3, 0.4) is 0 Å². The van der Waals surface area contributed by atoms with Crippen molar-refractivity contribution in [3.8, 4) is 0 Å². The van der Waals surface area contributed by atoms with Gasteiger partial charge in [-0.1, -0.05) is 6.07 Å². The van der Waals surface area contributed by atoms with E-state index in [4.69, 9.17) is 0 Å². The third-order valence-corrected chi connectivity index (χ3v) is 3.42. The van der Waals surface area contributed by atoms with Crippen molar-refractivity contribution in [3.63, 3.8) is 0 Å². The van der Waals surface area contributed by atoms with Gasteiger partial charge in [0.05, 0.1) is 0 Å². The van der Waals surface area contributed by atoms with Crippen LogP contribution >= 0.6 is 0 Å². The third kappa shape index (κ3) is 2.03. The highest BCUT2D eigenvalue weighted by Gasteiger charge is 2.25. The Morgan fingerprint density at radius 3 is 2.78 bits per heavy atom. The first-order valence-corrected chi connectivity index (χ1v) is 6.13. The molecule has 0 spiro atoms. The fourth-order valence-corrected chi connectivity index (χ4v) is 2.31. The highest BCUT2D eigenvalue weighted by atomic mass is 19.2. The van der Waals surface area contributed by atoms with E-state index in [1.807, 2.05) is 0 Å². The molecule has 0 unspecified atom stereocenters. The van der Waals surface area contributed by atoms with Crippen LogP contribution in [0.25, 0.3) is 5.57 Å². The van der Waals surface area contributed by atoms with E-state index in [2.05, 4.69) is 5.32 Å². The minimum Gasteiger partial charge on any atom is -0.350 e. The smallest absolute Gasteiger partial charge is 0.244 e. The Balaban J connectivity index is 1.87. The number of hydrogen-bond acceptors (Lipinski definition) is 1. The van der Waals surface area contributed by atoms with E-state index in [9.17, 15) is 13.6 Å². The van der Waals surface area contributed by atoms with Crippen molar-refractivity contribution in [2.75, 3.05) is 0 Å². The summed E-state index contributed by atoms with van der Waals surface area (Å²) in [6.07, 6.45) is 4.63. The van der Waals surface area contributed by atoms with Crippen molar-refractivity contribution >= 4 is 11.5 Å². The van der Waals surface area contributed by atoms with Gasteiger partial charge < -0.3 is 5.32 Å². The third-order valence-electron chi connectivity index (χ3n) is 3.42. The van der Waals surface area contributed by atoms with Crippen molar-refractivity contribution in [3.05, 3.63) is 41.0 Å². The van der Waals surface area contributed by atoms with E-state index in [1.165, 1.54) is 6.08 Å². The Kier molecular flexibility index (Phi) is 2.65. The number of carbonyl (C=O) groups excluding carboxylic acids is 1. The van der Waals surface area contributed by atoms with Gasteiger partial charge >= 0.3 is 0 Å². The molecular formula is C14H13F2NO. The first kappa shape index (κ1) is 11.4. The first-order valence-electron chi connectivity index (χ1n) is 6.13. The average Bonchev–Trinajstić information content (AvgIpc) is 3.04. The zero-order valence-electron chi connectivity index (χ0n) is 9.80. The fraction of sp³-hybridized carbons (Fsp3) is 0.357. The lowest BCUT2D eigenvalue weighted by atomic mass is 10.1. The molecule has 4 heteroatoms. The summed E-state index contributed by atoms with van der Waals surface area (Å²) in [5.41, 5.74) is 1.85. The van der Waals surface area contributed by atoms with Crippen LogP contribution in [0.5, 0.6) is 0 Å². The minimum absolute atomic E-state index is 0.134. The standard InChI is InChI=1S/C14H13F2NO/c15-12-6-5-10-8(1-4-11(10)14(12)16)7-13(18)17-9-2-3-9/h5-7,9H,1-4H2,(H,17,18)/b8-7+. The van der Waals surface area contributed by atoms with Crippen LogP contribution in [0.2, 0.25) is 0 Å². The molecule has 2 aliphatic carbocycles. The average molecular weight is 249 g/mol. The van der Waals surface area contributed by atoms with Gasteiger partial charge in [0.25, 0.3) is 0 Å². The van der Waals surface area contributed by atoms with Gasteiger partial charge in [0.1, 0.15) is 0 Å². The van der Waals surface area contributed by atoms with E-state index in [0.29, 0.717) is 30.0 Å². The number of allylic oxidation sites excluding steroid dienone is 1. The maximum absolute atomic E-state index is 13.5. The second kappa shape index (κ2) is 4.19. The molecule has 3 rings (SSSR count). The van der Waals surface area contributed by atoms with Crippen LogP contribution in [0.15, 0.2) is 18.2 Å². The molecule has 18 heavy (non-hydrogen) atoms. The number of nitrogens with one attached hydrogen (secondary N) is 1. The van der Waals surface area contributed by atoms with Gasteiger partial charge in [0.15, 0.2) is 11.6 Å². The highest BCUT2D eigenvalue weighted by Crippen LogP contribution is 2.34. The van der Waals surface area contributed by atoms with Crippen LogP contribution in [0.1, 0.15) is 30.4 Å². The Morgan fingerprint density at radius 1 is 1.28 bits per heavy atom. The van der Waals surface area contributed by atoms with Gasteiger partial charge in [-0.15, -0.1) is 0 Å². The normalized spacial score (nSPS) is 20.0. The molecule has 0 aromatic heterocycles. The molecular weight excluding hydrogens is 236 g/mol. The second-order valence-electron chi connectivity index (χ2n) is 4.84. The van der Waals surface area contributed by atoms with E-state index in [-0.39, 0.29) is 5.91 Å². The molecule has 2 nitrogen and oxygen atoms in total. The van der Waals surface area contributed by atoms with Crippen molar-refractivity contribution in [1.82, 2.24) is 5.32 Å². The summed E-state index contributed by atoms with van der Waals surface area (Å²) < 4.78 is 26.6. The van der Waals surface area contributed by atoms with E-state index in [1.54, 1.807) is 6.07 Å². The molecule has 0 saturated heterocycles. The lowest BCUT2D eigenvalue weighted by molar-refractivity contribution is -0.116. The molecule has 0 aliphatic heterocycles. The summed E-state index contributed by atoms with van der Waals surface area (Å²) in [7, 11) is 0. The van der Waals surface area contributed by atoms with Crippen molar-refractivity contribution in [2.24, 2.45) is 0 Å². The summed E-state index contributed by atoms with van der Waals surface area (Å²) in [6.45, 7) is 0. The largest absolute Gasteiger partial charge is 0.350 e. The predicted octanol–water partition coefficient (Wildman–Crippen LogP) is 2.57. The van der Waals surface area contributed by atoms with Crippen molar-refractivity contribution < 1.29 is 13.6 Å². The molecule has 1 N–H and O–H groups in total. The lowest BCUT2D eigenvalue weighted by Crippen LogP contribution is -2.23. The highest BCUT2D eigenvalue weighted by molar-refractivity contribution is 5.96. The van der Waals surface area contributed by atoms with Gasteiger partial charge in [0, 0.05) is 12.1 Å². The number of benzene rings is 1. The second-order valence-corrected chi connectivity index (χ2v) is 4.84. The summed E-state index contributed by atoms with van der Waals surface area (Å²) in [5, 5.41) is 2.85. The summed E-state index contributed by atoms with van der Waals surface area (Å²) in [5.74, 6) is -1.74. The first-order chi connectivity index (χ1) is 8.65. The molecule has 94 valence electrons. The van der Waals surface area contributed by atoms with Gasteiger partial charge in [0.2, 0.25) is 5.91 Å². The minimum atomic E-state index is -0.822. The SMILES string of the molecule is O=C(/C=C1\CCc2c1ccc(F)c2F)NC1CC1. The Hall–Kier alpha value is -1.71. The Labute approximate surface area is 104 Å². The zero-order chi connectivity index (χ0) is 12.7. The van der Waals surface area contributed by atoms with Gasteiger partial charge in [-0.3, -0.25) is 4.79 Å². The number of halogens is 2. The quantitative estimate of drug-likeness (QED) is 0.802. The van der Waals surface area contributed by atoms with Crippen LogP contribution < -0.4 is 5.32 Å². The van der Waals surface area contributed by atoms with Gasteiger partial charge in [-0.25, -0.2) is 8.78 Å². The van der Waals surface area contributed by atoms with Crippen LogP contribution in [-0.2, 0) is 11.2 Å². The van der Waals surface area contributed by atoms with Gasteiger partial charge in [-0.2, -0.15) is 0 Å². The van der Waals surface area contributed by atoms with E-state index < -0.39 is 11.6 Å². The molecule has 0 bridgehead atoms. The van der Waals surface area contributed by atoms with Crippen LogP contribution in [0.4, 0.5) is 8.78 Å². The van der Waals surface area contributed by atoms with E-state index in [0.717, 1.165) is 24.5 Å². The molecule has 1 saturated carbocycles. The molecule has 0 radical (unpaired) electrons. The van der Waals surface area contributed by atoms with Crippen LogP contribution in [0, 0.1) is 11.6 Å². The zero-order valence-corrected chi connectivity index (χ0v) is 9.80. The number of hydrogen-bond donors (Lipinski definition) is 1. The monoisotopic (exact) mass is 249 g/mol. The molecule has 0 heterocycles. The molecule has 1 aromatic rings. The number of fused-ring (bicyclic) bond motifs is 1. The van der Waals surface area contributed by atoms with Crippen molar-refractivity contribution in [2.45, 2.75) is 31.7 Å². The summed E-state index contributed by atoms with van der Waals surface area (Å²) >= 11 is 0. The summed E-state index contributed by atoms with van der Waals surface area (Å²) in [4.78, 5) is 11.7. The van der Waals surface area contributed by atoms with Crippen LogP contribution in [-0.4, -0.2) is 11.9 Å². The molecule has 1 fully saturated rings. The predicted molar refractivity (Wildman–Crippen MR) is 63.8 cm³/mol. The topological polar surface area (TPSA) is 29.1 Å². The summed E-state index contributed by atoms with van der Waals surface area (Å²) in [6, 6.07) is 2.98. The molecule has 1 aromatic carbocycles. The number of carbonyl (C=O) groups is 1. The van der Waals surface area contributed by atoms with E-state index >= 15 is 0 Å². The Morgan fingerprint density at radius 2 is 2.06 bits per heavy atom. The molecule has 2 aliphatic rings.